The number of aldehydes is 1. The Hall–Kier alpha value is -2.43. The molecule has 21 heavy (non-hydrogen) atoms. The van der Waals surface area contributed by atoms with Crippen LogP contribution in [0.3, 0.4) is 0 Å². The summed E-state index contributed by atoms with van der Waals surface area (Å²) in [6.07, 6.45) is 0.652. The highest BCUT2D eigenvalue weighted by Gasteiger charge is 2.20. The first-order valence-electron chi connectivity index (χ1n) is 6.81. The van der Waals surface area contributed by atoms with E-state index in [0.717, 1.165) is 5.52 Å². The molecule has 0 radical (unpaired) electrons. The smallest absolute Gasteiger partial charge is 0.256 e. The third-order valence-electron chi connectivity index (χ3n) is 2.96. The van der Waals surface area contributed by atoms with Gasteiger partial charge in [0, 0.05) is 11.4 Å². The molecule has 5 heteroatoms. The van der Waals surface area contributed by atoms with Gasteiger partial charge in [-0.1, -0.05) is 18.2 Å². The molecule has 0 aliphatic heterocycles. The van der Waals surface area contributed by atoms with Crippen molar-refractivity contribution in [3.63, 3.8) is 0 Å². The molecule has 1 heterocycles. The summed E-state index contributed by atoms with van der Waals surface area (Å²) in [4.78, 5) is 27.5. The van der Waals surface area contributed by atoms with Gasteiger partial charge in [0.25, 0.3) is 5.91 Å². The monoisotopic (exact) mass is 286 g/mol. The van der Waals surface area contributed by atoms with Crippen molar-refractivity contribution in [3.05, 3.63) is 35.5 Å². The Balaban J connectivity index is 2.65. The van der Waals surface area contributed by atoms with E-state index in [1.54, 1.807) is 6.92 Å². The van der Waals surface area contributed by atoms with E-state index in [4.69, 9.17) is 4.74 Å². The van der Waals surface area contributed by atoms with Crippen molar-refractivity contribution in [3.8, 4) is 5.75 Å². The van der Waals surface area contributed by atoms with Gasteiger partial charge >= 0.3 is 0 Å². The van der Waals surface area contributed by atoms with Gasteiger partial charge in [-0.3, -0.25) is 9.59 Å². The first-order valence-corrected chi connectivity index (χ1v) is 6.81. The van der Waals surface area contributed by atoms with Crippen LogP contribution in [-0.2, 0) is 4.79 Å². The summed E-state index contributed by atoms with van der Waals surface area (Å²) < 4.78 is 5.44. The molecule has 0 saturated heterocycles. The number of nitrogens with zero attached hydrogens (tertiary/aromatic N) is 1. The Kier molecular flexibility index (Phi) is 4.52. The summed E-state index contributed by atoms with van der Waals surface area (Å²) in [5.74, 6) is 0.131. The Morgan fingerprint density at radius 3 is 2.76 bits per heavy atom. The molecule has 2 rings (SSSR count). The third-order valence-corrected chi connectivity index (χ3v) is 2.96. The van der Waals surface area contributed by atoms with Gasteiger partial charge in [-0.2, -0.15) is 0 Å². The van der Waals surface area contributed by atoms with Crippen LogP contribution >= 0.6 is 0 Å². The maximum absolute atomic E-state index is 12.5. The van der Waals surface area contributed by atoms with Crippen LogP contribution in [0.4, 0.5) is 0 Å². The van der Waals surface area contributed by atoms with Crippen molar-refractivity contribution >= 4 is 23.1 Å². The standard InChI is InChI=1S/C16H18N2O3/c1-10(2)17-16(20)14-12-6-4-5-7-13(12)18-11(3)15(14)21-9-8-19/h4-8,10H,9H2,1-3H3,(H,17,20). The van der Waals surface area contributed by atoms with Crippen molar-refractivity contribution in [2.75, 3.05) is 6.61 Å². The highest BCUT2D eigenvalue weighted by Crippen LogP contribution is 2.29. The van der Waals surface area contributed by atoms with E-state index in [9.17, 15) is 9.59 Å². The van der Waals surface area contributed by atoms with Crippen LogP contribution in [0.1, 0.15) is 29.9 Å². The van der Waals surface area contributed by atoms with E-state index in [1.807, 2.05) is 38.1 Å². The first-order chi connectivity index (χ1) is 10.0. The van der Waals surface area contributed by atoms with Gasteiger partial charge in [-0.05, 0) is 26.8 Å². The maximum Gasteiger partial charge on any atom is 0.256 e. The van der Waals surface area contributed by atoms with Gasteiger partial charge in [-0.15, -0.1) is 0 Å². The second kappa shape index (κ2) is 6.35. The Morgan fingerprint density at radius 1 is 1.38 bits per heavy atom. The predicted molar refractivity (Wildman–Crippen MR) is 80.6 cm³/mol. The number of pyridine rings is 1. The number of ether oxygens (including phenoxy) is 1. The molecule has 0 spiro atoms. The fraction of sp³-hybridized carbons (Fsp3) is 0.312. The van der Waals surface area contributed by atoms with Crippen LogP contribution in [0.5, 0.6) is 5.75 Å². The molecule has 0 atom stereocenters. The van der Waals surface area contributed by atoms with Crippen molar-refractivity contribution in [2.24, 2.45) is 0 Å². The molecule has 110 valence electrons. The number of carbonyl (C=O) groups excluding carboxylic acids is 2. The summed E-state index contributed by atoms with van der Waals surface area (Å²) in [5.41, 5.74) is 1.74. The van der Waals surface area contributed by atoms with Gasteiger partial charge in [0.15, 0.2) is 12.0 Å². The average Bonchev–Trinajstić information content (AvgIpc) is 2.43. The van der Waals surface area contributed by atoms with Gasteiger partial charge in [0.05, 0.1) is 16.8 Å². The number of para-hydroxylation sites is 1. The number of amides is 1. The molecule has 1 aromatic heterocycles. The fourth-order valence-corrected chi connectivity index (χ4v) is 2.17. The van der Waals surface area contributed by atoms with E-state index in [2.05, 4.69) is 10.3 Å². The number of nitrogens with one attached hydrogen (secondary N) is 1. The van der Waals surface area contributed by atoms with Crippen LogP contribution in [-0.4, -0.2) is 29.8 Å². The molecule has 0 aliphatic rings. The highest BCUT2D eigenvalue weighted by atomic mass is 16.5. The summed E-state index contributed by atoms with van der Waals surface area (Å²) in [7, 11) is 0. The fourth-order valence-electron chi connectivity index (χ4n) is 2.17. The molecule has 0 fully saturated rings. The lowest BCUT2D eigenvalue weighted by Gasteiger charge is -2.16. The summed E-state index contributed by atoms with van der Waals surface area (Å²) in [6.45, 7) is 5.43. The normalized spacial score (nSPS) is 10.7. The van der Waals surface area contributed by atoms with Gasteiger partial charge in [-0.25, -0.2) is 4.98 Å². The molecule has 0 bridgehead atoms. The Morgan fingerprint density at radius 2 is 2.10 bits per heavy atom. The molecular weight excluding hydrogens is 268 g/mol. The molecule has 2 aromatic rings. The average molecular weight is 286 g/mol. The summed E-state index contributed by atoms with van der Waals surface area (Å²) in [5, 5.41) is 3.57. The lowest BCUT2D eigenvalue weighted by Crippen LogP contribution is -2.31. The lowest BCUT2D eigenvalue weighted by molar-refractivity contribution is -0.109. The number of aromatic nitrogens is 1. The number of hydrogen-bond donors (Lipinski definition) is 1. The van der Waals surface area contributed by atoms with E-state index < -0.39 is 0 Å². The van der Waals surface area contributed by atoms with Gasteiger partial charge in [0.1, 0.15) is 6.61 Å². The molecule has 0 aliphatic carbocycles. The number of carbonyl (C=O) groups is 2. The maximum atomic E-state index is 12.5. The van der Waals surface area contributed by atoms with Crippen molar-refractivity contribution in [2.45, 2.75) is 26.8 Å². The second-order valence-corrected chi connectivity index (χ2v) is 5.02. The molecule has 0 unspecified atom stereocenters. The largest absolute Gasteiger partial charge is 0.483 e. The third kappa shape index (κ3) is 3.18. The number of hydrogen-bond acceptors (Lipinski definition) is 4. The van der Waals surface area contributed by atoms with Crippen molar-refractivity contribution in [1.82, 2.24) is 10.3 Å². The molecule has 1 N–H and O–H groups in total. The van der Waals surface area contributed by atoms with Crippen molar-refractivity contribution < 1.29 is 14.3 Å². The lowest BCUT2D eigenvalue weighted by atomic mass is 10.1. The van der Waals surface area contributed by atoms with Crippen LogP contribution < -0.4 is 10.1 Å². The SMILES string of the molecule is Cc1nc2ccccc2c(C(=O)NC(C)C)c1OCC=O. The summed E-state index contributed by atoms with van der Waals surface area (Å²) in [6, 6.07) is 7.38. The van der Waals surface area contributed by atoms with E-state index in [0.29, 0.717) is 28.7 Å². The van der Waals surface area contributed by atoms with Crippen LogP contribution in [0, 0.1) is 6.92 Å². The van der Waals surface area contributed by atoms with Gasteiger partial charge < -0.3 is 10.1 Å². The zero-order chi connectivity index (χ0) is 15.4. The van der Waals surface area contributed by atoms with E-state index in [1.165, 1.54) is 0 Å². The quantitative estimate of drug-likeness (QED) is 0.856. The molecule has 5 nitrogen and oxygen atoms in total. The first kappa shape index (κ1) is 15.0. The number of fused-ring (bicyclic) bond motifs is 1. The second-order valence-electron chi connectivity index (χ2n) is 5.02. The van der Waals surface area contributed by atoms with E-state index in [-0.39, 0.29) is 18.6 Å². The Bertz CT molecular complexity index is 681. The van der Waals surface area contributed by atoms with Crippen LogP contribution in [0.25, 0.3) is 10.9 Å². The molecule has 0 saturated carbocycles. The van der Waals surface area contributed by atoms with Crippen LogP contribution in [0.2, 0.25) is 0 Å². The minimum atomic E-state index is -0.229. The molecule has 1 amide bonds. The number of benzene rings is 1. The zero-order valence-corrected chi connectivity index (χ0v) is 12.3. The minimum absolute atomic E-state index is 0.00338. The Labute approximate surface area is 123 Å². The highest BCUT2D eigenvalue weighted by molar-refractivity contribution is 6.09. The minimum Gasteiger partial charge on any atom is -0.483 e. The molecular formula is C16H18N2O3. The number of aryl methyl sites for hydroxylation is 1. The zero-order valence-electron chi connectivity index (χ0n) is 12.3. The van der Waals surface area contributed by atoms with E-state index >= 15 is 0 Å². The topological polar surface area (TPSA) is 68.3 Å². The predicted octanol–water partition coefficient (Wildman–Crippen LogP) is 2.26. The van der Waals surface area contributed by atoms with Crippen LogP contribution in [0.15, 0.2) is 24.3 Å². The van der Waals surface area contributed by atoms with Crippen molar-refractivity contribution in [1.29, 1.82) is 0 Å². The number of rotatable bonds is 5. The molecule has 1 aromatic carbocycles. The van der Waals surface area contributed by atoms with Gasteiger partial charge in [0.2, 0.25) is 0 Å². The summed E-state index contributed by atoms with van der Waals surface area (Å²) >= 11 is 0.